The number of hydrogen-bond donors (Lipinski definition) is 1. The van der Waals surface area contributed by atoms with Crippen molar-refractivity contribution in [3.8, 4) is 5.75 Å². The van der Waals surface area contributed by atoms with Gasteiger partial charge in [0.25, 0.3) is 0 Å². The molecule has 0 aliphatic rings. The second kappa shape index (κ2) is 8.97. The van der Waals surface area contributed by atoms with E-state index in [9.17, 15) is 4.39 Å². The van der Waals surface area contributed by atoms with E-state index in [-0.39, 0.29) is 11.7 Å². The van der Waals surface area contributed by atoms with Crippen LogP contribution in [0.5, 0.6) is 5.75 Å². The molecule has 0 saturated heterocycles. The van der Waals surface area contributed by atoms with Gasteiger partial charge in [-0.1, -0.05) is 30.3 Å². The van der Waals surface area contributed by atoms with Crippen LogP contribution >= 0.6 is 11.3 Å². The lowest BCUT2D eigenvalue weighted by molar-refractivity contribution is -0.692. The average molecular weight is 371 g/mol. The number of ether oxygens (including phenoxy) is 1. The van der Waals surface area contributed by atoms with Crippen molar-refractivity contribution in [1.82, 2.24) is 0 Å². The quantitative estimate of drug-likeness (QED) is 0.609. The van der Waals surface area contributed by atoms with Gasteiger partial charge in [0.15, 0.2) is 0 Å². The maximum absolute atomic E-state index is 13.3. The molecular formula is C22H25FNOS+. The number of hydrogen-bond acceptors (Lipinski definition) is 2. The van der Waals surface area contributed by atoms with Crippen LogP contribution in [0.1, 0.15) is 41.3 Å². The number of quaternary nitrogens is 1. The smallest absolute Gasteiger partial charge is 0.123 e. The Morgan fingerprint density at radius 2 is 1.65 bits per heavy atom. The molecule has 0 bridgehead atoms. The Labute approximate surface area is 158 Å². The molecule has 3 aromatic rings. The van der Waals surface area contributed by atoms with Crippen LogP contribution in [0, 0.1) is 5.82 Å². The van der Waals surface area contributed by atoms with Crippen molar-refractivity contribution in [3.05, 3.63) is 87.9 Å². The first-order valence-corrected chi connectivity index (χ1v) is 9.81. The zero-order chi connectivity index (χ0) is 18.4. The SMILES string of the molecule is COc1ccc([C@H](CC[NH2+][C@@H](C)c2cccs2)c2ccc(F)cc2)cc1. The Balaban J connectivity index is 1.73. The number of thiophene rings is 1. The highest BCUT2D eigenvalue weighted by molar-refractivity contribution is 7.10. The number of halogens is 1. The molecule has 26 heavy (non-hydrogen) atoms. The van der Waals surface area contributed by atoms with E-state index >= 15 is 0 Å². The second-order valence-electron chi connectivity index (χ2n) is 6.49. The largest absolute Gasteiger partial charge is 0.497 e. The van der Waals surface area contributed by atoms with E-state index in [1.807, 2.05) is 24.3 Å². The zero-order valence-electron chi connectivity index (χ0n) is 15.2. The lowest BCUT2D eigenvalue weighted by Crippen LogP contribution is -2.84. The van der Waals surface area contributed by atoms with Gasteiger partial charge in [0, 0.05) is 12.3 Å². The highest BCUT2D eigenvalue weighted by atomic mass is 32.1. The molecule has 0 radical (unpaired) electrons. The van der Waals surface area contributed by atoms with Crippen LogP contribution in [-0.4, -0.2) is 13.7 Å². The number of benzene rings is 2. The highest BCUT2D eigenvalue weighted by Gasteiger charge is 2.17. The molecule has 2 atom stereocenters. The molecule has 0 fully saturated rings. The fraction of sp³-hybridized carbons (Fsp3) is 0.273. The van der Waals surface area contributed by atoms with Crippen LogP contribution in [0.25, 0.3) is 0 Å². The molecule has 0 aliphatic heterocycles. The molecule has 3 rings (SSSR count). The average Bonchev–Trinajstić information content (AvgIpc) is 3.21. The fourth-order valence-corrected chi connectivity index (χ4v) is 4.02. The van der Waals surface area contributed by atoms with Gasteiger partial charge in [0.2, 0.25) is 0 Å². The lowest BCUT2D eigenvalue weighted by atomic mass is 9.88. The predicted molar refractivity (Wildman–Crippen MR) is 105 cm³/mol. The summed E-state index contributed by atoms with van der Waals surface area (Å²) in [5.74, 6) is 0.901. The van der Waals surface area contributed by atoms with E-state index < -0.39 is 0 Å². The van der Waals surface area contributed by atoms with Crippen molar-refractivity contribution in [1.29, 1.82) is 0 Å². The minimum atomic E-state index is -0.194. The summed E-state index contributed by atoms with van der Waals surface area (Å²) in [6.07, 6.45) is 0.994. The van der Waals surface area contributed by atoms with Crippen LogP contribution in [0.3, 0.4) is 0 Å². The molecular weight excluding hydrogens is 345 g/mol. The van der Waals surface area contributed by atoms with E-state index in [4.69, 9.17) is 4.74 Å². The maximum atomic E-state index is 13.3. The summed E-state index contributed by atoms with van der Waals surface area (Å²) in [5, 5.41) is 4.50. The molecule has 0 spiro atoms. The van der Waals surface area contributed by atoms with Crippen molar-refractivity contribution in [2.24, 2.45) is 0 Å². The molecule has 2 N–H and O–H groups in total. The van der Waals surface area contributed by atoms with Crippen LogP contribution < -0.4 is 10.1 Å². The monoisotopic (exact) mass is 370 g/mol. The summed E-state index contributed by atoms with van der Waals surface area (Å²) in [6, 6.07) is 19.8. The summed E-state index contributed by atoms with van der Waals surface area (Å²) < 4.78 is 18.6. The number of methoxy groups -OCH3 is 1. The third-order valence-electron chi connectivity index (χ3n) is 4.76. The third-order valence-corrected chi connectivity index (χ3v) is 5.83. The third kappa shape index (κ3) is 4.71. The first-order chi connectivity index (χ1) is 12.7. The van der Waals surface area contributed by atoms with Crippen molar-refractivity contribution in [2.75, 3.05) is 13.7 Å². The topological polar surface area (TPSA) is 25.8 Å². The molecule has 136 valence electrons. The Morgan fingerprint density at radius 3 is 2.23 bits per heavy atom. The molecule has 0 saturated carbocycles. The van der Waals surface area contributed by atoms with E-state index in [0.717, 1.165) is 24.3 Å². The normalized spacial score (nSPS) is 13.3. The summed E-state index contributed by atoms with van der Waals surface area (Å²) in [5.41, 5.74) is 2.38. The molecule has 4 heteroatoms. The molecule has 1 heterocycles. The minimum absolute atomic E-state index is 0.194. The predicted octanol–water partition coefficient (Wildman–Crippen LogP) is 4.74. The van der Waals surface area contributed by atoms with Crippen LogP contribution in [0.2, 0.25) is 0 Å². The van der Waals surface area contributed by atoms with Crippen molar-refractivity contribution in [2.45, 2.75) is 25.3 Å². The van der Waals surface area contributed by atoms with Gasteiger partial charge in [-0.3, -0.25) is 0 Å². The Hall–Kier alpha value is -2.17. The Morgan fingerprint density at radius 1 is 1.00 bits per heavy atom. The van der Waals surface area contributed by atoms with E-state index in [0.29, 0.717) is 6.04 Å². The maximum Gasteiger partial charge on any atom is 0.123 e. The number of nitrogens with two attached hydrogens (primary N) is 1. The van der Waals surface area contributed by atoms with Crippen LogP contribution in [0.4, 0.5) is 4.39 Å². The second-order valence-corrected chi connectivity index (χ2v) is 7.47. The number of rotatable bonds is 8. The van der Waals surface area contributed by atoms with Crippen molar-refractivity contribution < 1.29 is 14.4 Å². The summed E-state index contributed by atoms with van der Waals surface area (Å²) in [7, 11) is 1.67. The standard InChI is InChI=1S/C22H24FNOS/c1-16(22-4-3-15-26-22)24-14-13-21(17-5-9-19(23)10-6-17)18-7-11-20(25-2)12-8-18/h3-12,15-16,21,24H,13-14H2,1-2H3/p+1/t16-,21+/m0/s1. The van der Waals surface area contributed by atoms with Gasteiger partial charge in [-0.15, -0.1) is 11.3 Å². The van der Waals surface area contributed by atoms with Gasteiger partial charge >= 0.3 is 0 Å². The van der Waals surface area contributed by atoms with Gasteiger partial charge in [-0.2, -0.15) is 0 Å². The lowest BCUT2D eigenvalue weighted by Gasteiger charge is -2.19. The minimum Gasteiger partial charge on any atom is -0.497 e. The Kier molecular flexibility index (Phi) is 6.42. The summed E-state index contributed by atoms with van der Waals surface area (Å²) >= 11 is 1.80. The van der Waals surface area contributed by atoms with Crippen LogP contribution in [-0.2, 0) is 0 Å². The van der Waals surface area contributed by atoms with E-state index in [1.165, 1.54) is 10.4 Å². The molecule has 2 aromatic carbocycles. The molecule has 0 aliphatic carbocycles. The van der Waals surface area contributed by atoms with E-state index in [2.05, 4.69) is 41.9 Å². The van der Waals surface area contributed by atoms with Gasteiger partial charge in [-0.25, -0.2) is 4.39 Å². The van der Waals surface area contributed by atoms with Gasteiger partial charge < -0.3 is 10.1 Å². The Bertz CT molecular complexity index is 784. The van der Waals surface area contributed by atoms with Crippen molar-refractivity contribution in [3.63, 3.8) is 0 Å². The molecule has 0 amide bonds. The summed E-state index contributed by atoms with van der Waals surface area (Å²) in [6.45, 7) is 3.25. The van der Waals surface area contributed by atoms with Crippen LogP contribution in [0.15, 0.2) is 66.0 Å². The van der Waals surface area contributed by atoms with Gasteiger partial charge in [0.1, 0.15) is 17.6 Å². The molecule has 1 aromatic heterocycles. The molecule has 2 nitrogen and oxygen atoms in total. The zero-order valence-corrected chi connectivity index (χ0v) is 16.0. The van der Waals surface area contributed by atoms with Gasteiger partial charge in [-0.05, 0) is 53.8 Å². The fourth-order valence-electron chi connectivity index (χ4n) is 3.24. The summed E-state index contributed by atoms with van der Waals surface area (Å²) in [4.78, 5) is 1.40. The first kappa shape index (κ1) is 18.6. The highest BCUT2D eigenvalue weighted by Crippen LogP contribution is 2.29. The van der Waals surface area contributed by atoms with E-state index in [1.54, 1.807) is 30.6 Å². The van der Waals surface area contributed by atoms with Gasteiger partial charge in [0.05, 0.1) is 18.5 Å². The first-order valence-electron chi connectivity index (χ1n) is 8.93. The van der Waals surface area contributed by atoms with Crippen molar-refractivity contribution >= 4 is 11.3 Å². The molecule has 0 unspecified atom stereocenters.